The quantitative estimate of drug-likeness (QED) is 0.607. The maximum atomic E-state index is 5.47. The average Bonchev–Trinajstić information content (AvgIpc) is 1.79. The average molecular weight is 174 g/mol. The second-order valence-corrected chi connectivity index (χ2v) is 4.15. The summed E-state index contributed by atoms with van der Waals surface area (Å²) >= 11 is 5.05. The highest BCUT2D eigenvalue weighted by atomic mass is 32.1. The van der Waals surface area contributed by atoms with Crippen LogP contribution in [0.1, 0.15) is 47.0 Å². The number of thiocarbonyl (C=S) groups is 1. The van der Waals surface area contributed by atoms with Gasteiger partial charge in [0.1, 0.15) is 5.60 Å². The summed E-state index contributed by atoms with van der Waals surface area (Å²) in [5.74, 6) is 0. The molecule has 11 heavy (non-hydrogen) atoms. The maximum absolute atomic E-state index is 5.47. The SMILES string of the molecule is CCCCC(=S)OC(C)(C)C. The predicted molar refractivity (Wildman–Crippen MR) is 53.0 cm³/mol. The molecule has 0 fully saturated rings. The first kappa shape index (κ1) is 10.9. The van der Waals surface area contributed by atoms with Crippen LogP contribution in [0.5, 0.6) is 0 Å². The highest BCUT2D eigenvalue weighted by Gasteiger charge is 2.12. The number of ether oxygens (including phenoxy) is 1. The second-order valence-electron chi connectivity index (χ2n) is 3.69. The van der Waals surface area contributed by atoms with Crippen molar-refractivity contribution in [3.8, 4) is 0 Å². The van der Waals surface area contributed by atoms with Gasteiger partial charge in [-0.15, -0.1) is 0 Å². The molecule has 0 aliphatic carbocycles. The van der Waals surface area contributed by atoms with Gasteiger partial charge in [-0.05, 0) is 39.4 Å². The normalized spacial score (nSPS) is 11.3. The van der Waals surface area contributed by atoms with Crippen LogP contribution in [-0.4, -0.2) is 10.7 Å². The number of unbranched alkanes of at least 4 members (excludes halogenated alkanes) is 1. The van der Waals surface area contributed by atoms with Crippen LogP contribution in [0.25, 0.3) is 0 Å². The summed E-state index contributed by atoms with van der Waals surface area (Å²) in [6, 6.07) is 0. The van der Waals surface area contributed by atoms with Gasteiger partial charge in [-0.1, -0.05) is 13.3 Å². The van der Waals surface area contributed by atoms with Crippen molar-refractivity contribution >= 4 is 17.3 Å². The smallest absolute Gasteiger partial charge is 0.160 e. The van der Waals surface area contributed by atoms with E-state index in [1.807, 2.05) is 20.8 Å². The molecule has 0 spiro atoms. The third-order valence-electron chi connectivity index (χ3n) is 1.15. The van der Waals surface area contributed by atoms with Crippen LogP contribution in [0.4, 0.5) is 0 Å². The Balaban J connectivity index is 3.53. The zero-order valence-corrected chi connectivity index (χ0v) is 8.75. The van der Waals surface area contributed by atoms with Crippen LogP contribution >= 0.6 is 12.2 Å². The van der Waals surface area contributed by atoms with E-state index in [-0.39, 0.29) is 5.60 Å². The van der Waals surface area contributed by atoms with E-state index in [2.05, 4.69) is 6.92 Å². The van der Waals surface area contributed by atoms with Crippen molar-refractivity contribution in [1.29, 1.82) is 0 Å². The first-order valence-electron chi connectivity index (χ1n) is 4.17. The van der Waals surface area contributed by atoms with Gasteiger partial charge in [0.05, 0.1) is 0 Å². The van der Waals surface area contributed by atoms with Gasteiger partial charge in [0.2, 0.25) is 0 Å². The molecule has 0 atom stereocenters. The Morgan fingerprint density at radius 3 is 2.27 bits per heavy atom. The molecule has 0 aromatic heterocycles. The van der Waals surface area contributed by atoms with Crippen molar-refractivity contribution in [2.45, 2.75) is 52.6 Å². The Bertz CT molecular complexity index is 124. The van der Waals surface area contributed by atoms with Crippen molar-refractivity contribution < 1.29 is 4.74 Å². The van der Waals surface area contributed by atoms with Gasteiger partial charge in [-0.25, -0.2) is 0 Å². The van der Waals surface area contributed by atoms with Crippen molar-refractivity contribution in [3.05, 3.63) is 0 Å². The molecule has 0 saturated heterocycles. The summed E-state index contributed by atoms with van der Waals surface area (Å²) in [5.41, 5.74) is -0.120. The zero-order valence-electron chi connectivity index (χ0n) is 7.94. The second kappa shape index (κ2) is 4.70. The van der Waals surface area contributed by atoms with E-state index < -0.39 is 0 Å². The minimum atomic E-state index is -0.120. The van der Waals surface area contributed by atoms with E-state index >= 15 is 0 Å². The molecule has 66 valence electrons. The lowest BCUT2D eigenvalue weighted by Crippen LogP contribution is -2.22. The fourth-order valence-electron chi connectivity index (χ4n) is 0.714. The summed E-state index contributed by atoms with van der Waals surface area (Å²) in [6.07, 6.45) is 3.23. The summed E-state index contributed by atoms with van der Waals surface area (Å²) in [7, 11) is 0. The Hall–Kier alpha value is -0.110. The fraction of sp³-hybridized carbons (Fsp3) is 0.889. The first-order chi connectivity index (χ1) is 4.95. The Morgan fingerprint density at radius 2 is 1.91 bits per heavy atom. The minimum Gasteiger partial charge on any atom is -0.482 e. The molecule has 2 heteroatoms. The van der Waals surface area contributed by atoms with Gasteiger partial charge < -0.3 is 4.74 Å². The van der Waals surface area contributed by atoms with Gasteiger partial charge in [0.15, 0.2) is 5.05 Å². The van der Waals surface area contributed by atoms with Crippen molar-refractivity contribution in [2.75, 3.05) is 0 Å². The maximum Gasteiger partial charge on any atom is 0.160 e. The monoisotopic (exact) mass is 174 g/mol. The van der Waals surface area contributed by atoms with Gasteiger partial charge in [0.25, 0.3) is 0 Å². The molecule has 0 aromatic rings. The molecule has 0 radical (unpaired) electrons. The van der Waals surface area contributed by atoms with E-state index in [1.54, 1.807) is 0 Å². The predicted octanol–water partition coefficient (Wildman–Crippen LogP) is 3.32. The number of hydrogen-bond donors (Lipinski definition) is 0. The number of rotatable bonds is 3. The van der Waals surface area contributed by atoms with Gasteiger partial charge in [0, 0.05) is 6.42 Å². The highest BCUT2D eigenvalue weighted by Crippen LogP contribution is 2.10. The molecule has 1 nitrogen and oxygen atoms in total. The van der Waals surface area contributed by atoms with Crippen LogP contribution in [-0.2, 0) is 4.74 Å². The lowest BCUT2D eigenvalue weighted by molar-refractivity contribution is 0.117. The lowest BCUT2D eigenvalue weighted by atomic mass is 10.2. The summed E-state index contributed by atoms with van der Waals surface area (Å²) < 4.78 is 5.47. The number of hydrogen-bond acceptors (Lipinski definition) is 2. The van der Waals surface area contributed by atoms with E-state index in [0.29, 0.717) is 0 Å². The van der Waals surface area contributed by atoms with Crippen LogP contribution in [0.2, 0.25) is 0 Å². The fourth-order valence-corrected chi connectivity index (χ4v) is 1.11. The molecule has 0 heterocycles. The molecule has 0 bridgehead atoms. The van der Waals surface area contributed by atoms with Crippen molar-refractivity contribution in [1.82, 2.24) is 0 Å². The molecule has 0 N–H and O–H groups in total. The molecule has 0 aromatic carbocycles. The van der Waals surface area contributed by atoms with Gasteiger partial charge >= 0.3 is 0 Å². The molecular weight excluding hydrogens is 156 g/mol. The zero-order chi connectivity index (χ0) is 8.91. The molecule has 0 rings (SSSR count). The molecule has 0 unspecified atom stereocenters. The summed E-state index contributed by atoms with van der Waals surface area (Å²) in [5, 5.41) is 0.749. The molecular formula is C9H18OS. The standard InChI is InChI=1S/C9H18OS/c1-5-6-7-8(11)10-9(2,3)4/h5-7H2,1-4H3. The largest absolute Gasteiger partial charge is 0.482 e. The Labute approximate surface area is 75.1 Å². The molecule has 0 aliphatic heterocycles. The molecule has 0 aliphatic rings. The topological polar surface area (TPSA) is 9.23 Å². The summed E-state index contributed by atoms with van der Waals surface area (Å²) in [6.45, 7) is 8.21. The van der Waals surface area contributed by atoms with Gasteiger partial charge in [-0.2, -0.15) is 0 Å². The van der Waals surface area contributed by atoms with Crippen molar-refractivity contribution in [2.24, 2.45) is 0 Å². The molecule has 0 saturated carbocycles. The van der Waals surface area contributed by atoms with Gasteiger partial charge in [-0.3, -0.25) is 0 Å². The van der Waals surface area contributed by atoms with Crippen LogP contribution < -0.4 is 0 Å². The van der Waals surface area contributed by atoms with E-state index in [4.69, 9.17) is 17.0 Å². The summed E-state index contributed by atoms with van der Waals surface area (Å²) in [4.78, 5) is 0. The van der Waals surface area contributed by atoms with E-state index in [9.17, 15) is 0 Å². The third-order valence-corrected chi connectivity index (χ3v) is 1.44. The Morgan fingerprint density at radius 1 is 1.36 bits per heavy atom. The van der Waals surface area contributed by atoms with Crippen molar-refractivity contribution in [3.63, 3.8) is 0 Å². The minimum absolute atomic E-state index is 0.120. The van der Waals surface area contributed by atoms with E-state index in [1.165, 1.54) is 6.42 Å². The van der Waals surface area contributed by atoms with Crippen LogP contribution in [0, 0.1) is 0 Å². The highest BCUT2D eigenvalue weighted by molar-refractivity contribution is 7.80. The Kier molecular flexibility index (Phi) is 4.66. The molecule has 0 amide bonds. The lowest BCUT2D eigenvalue weighted by Gasteiger charge is -2.21. The third kappa shape index (κ3) is 7.79. The van der Waals surface area contributed by atoms with Crippen LogP contribution in [0.3, 0.4) is 0 Å². The first-order valence-corrected chi connectivity index (χ1v) is 4.58. The van der Waals surface area contributed by atoms with Crippen LogP contribution in [0.15, 0.2) is 0 Å². The van der Waals surface area contributed by atoms with E-state index in [0.717, 1.165) is 17.9 Å².